The molecule has 0 amide bonds. The minimum atomic E-state index is -0.315. The minimum Gasteiger partial charge on any atom is -0.374 e. The summed E-state index contributed by atoms with van der Waals surface area (Å²) in [4.78, 5) is 13.2. The molecule has 1 aromatic carbocycles. The normalized spacial score (nSPS) is 25.6. The lowest BCUT2D eigenvalue weighted by molar-refractivity contribution is -0.384. The summed E-state index contributed by atoms with van der Waals surface area (Å²) in [5.74, 6) is 0.288. The van der Waals surface area contributed by atoms with E-state index in [1.807, 2.05) is 12.1 Å². The molecule has 1 saturated heterocycles. The monoisotopic (exact) mass is 296 g/mol. The van der Waals surface area contributed by atoms with Crippen LogP contribution >= 0.6 is 11.6 Å². The van der Waals surface area contributed by atoms with Gasteiger partial charge in [-0.15, -0.1) is 11.6 Å². The summed E-state index contributed by atoms with van der Waals surface area (Å²) in [6.45, 7) is 1.35. The molecule has 108 valence electrons. The molecule has 0 spiro atoms. The van der Waals surface area contributed by atoms with E-state index in [1.54, 1.807) is 6.07 Å². The van der Waals surface area contributed by atoms with Gasteiger partial charge in [0.2, 0.25) is 0 Å². The fourth-order valence-corrected chi connectivity index (χ4v) is 3.43. The van der Waals surface area contributed by atoms with Gasteiger partial charge in [0.25, 0.3) is 5.69 Å². The summed E-state index contributed by atoms with van der Waals surface area (Å²) in [7, 11) is 0. The van der Waals surface area contributed by atoms with E-state index >= 15 is 0 Å². The fourth-order valence-electron chi connectivity index (χ4n) is 3.27. The third kappa shape index (κ3) is 2.36. The van der Waals surface area contributed by atoms with E-state index in [1.165, 1.54) is 0 Å². The van der Waals surface area contributed by atoms with Crippen molar-refractivity contribution in [3.05, 3.63) is 33.9 Å². The Morgan fingerprint density at radius 3 is 3.05 bits per heavy atom. The van der Waals surface area contributed by atoms with Crippen molar-refractivity contribution in [1.82, 2.24) is 0 Å². The van der Waals surface area contributed by atoms with Gasteiger partial charge in [-0.2, -0.15) is 0 Å². The Bertz CT molecular complexity index is 523. The number of rotatable bonds is 3. The molecule has 1 aliphatic carbocycles. The predicted octanol–water partition coefficient (Wildman–Crippen LogP) is 3.09. The molecular formula is C14H17ClN2O3. The van der Waals surface area contributed by atoms with Crippen LogP contribution in [0.5, 0.6) is 0 Å². The average Bonchev–Trinajstić information content (AvgIpc) is 2.95. The second-order valence-corrected chi connectivity index (χ2v) is 5.58. The summed E-state index contributed by atoms with van der Waals surface area (Å²) >= 11 is 5.77. The molecule has 6 heteroatoms. The predicted molar refractivity (Wildman–Crippen MR) is 77.4 cm³/mol. The summed E-state index contributed by atoms with van der Waals surface area (Å²) in [5.41, 5.74) is 1.62. The summed E-state index contributed by atoms with van der Waals surface area (Å²) in [6.07, 6.45) is 3.43. The van der Waals surface area contributed by atoms with Crippen LogP contribution in [-0.4, -0.2) is 30.2 Å². The zero-order valence-corrected chi connectivity index (χ0v) is 11.9. The van der Waals surface area contributed by atoms with Crippen molar-refractivity contribution in [3.63, 3.8) is 0 Å². The number of morpholine rings is 1. The standard InChI is InChI=1S/C14H17ClN2O3/c15-9-10-4-5-11(13(8-10)17(18)19)16-6-7-20-14-3-1-2-12(14)16/h4-5,8,12,14H,1-3,6-7,9H2. The van der Waals surface area contributed by atoms with Crippen LogP contribution in [0.25, 0.3) is 0 Å². The van der Waals surface area contributed by atoms with E-state index in [0.29, 0.717) is 18.8 Å². The molecule has 1 saturated carbocycles. The van der Waals surface area contributed by atoms with E-state index in [9.17, 15) is 10.1 Å². The van der Waals surface area contributed by atoms with E-state index in [4.69, 9.17) is 16.3 Å². The van der Waals surface area contributed by atoms with Crippen LogP contribution in [0.4, 0.5) is 11.4 Å². The molecule has 0 bridgehead atoms. The van der Waals surface area contributed by atoms with Crippen molar-refractivity contribution in [3.8, 4) is 0 Å². The molecule has 5 nitrogen and oxygen atoms in total. The smallest absolute Gasteiger partial charge is 0.292 e. The van der Waals surface area contributed by atoms with Crippen LogP contribution in [0.3, 0.4) is 0 Å². The summed E-state index contributed by atoms with van der Waals surface area (Å²) in [5, 5.41) is 11.3. The fraction of sp³-hybridized carbons (Fsp3) is 0.571. The minimum absolute atomic E-state index is 0.149. The Hall–Kier alpha value is -1.33. The van der Waals surface area contributed by atoms with Crippen LogP contribution in [0, 0.1) is 10.1 Å². The molecule has 0 aromatic heterocycles. The number of nitrogens with zero attached hydrogens (tertiary/aromatic N) is 2. The van der Waals surface area contributed by atoms with E-state index in [-0.39, 0.29) is 28.6 Å². The Kier molecular flexibility index (Phi) is 3.81. The summed E-state index contributed by atoms with van der Waals surface area (Å²) in [6, 6.07) is 5.55. The van der Waals surface area contributed by atoms with Crippen LogP contribution in [0.15, 0.2) is 18.2 Å². The first kappa shape index (κ1) is 13.6. The molecule has 1 heterocycles. The number of hydrogen-bond donors (Lipinski definition) is 0. The molecule has 2 unspecified atom stereocenters. The third-order valence-corrected chi connectivity index (χ3v) is 4.49. The average molecular weight is 297 g/mol. The maximum atomic E-state index is 11.3. The lowest BCUT2D eigenvalue weighted by Crippen LogP contribution is -2.48. The van der Waals surface area contributed by atoms with Gasteiger partial charge in [0.1, 0.15) is 5.69 Å². The van der Waals surface area contributed by atoms with Crippen molar-refractivity contribution in [2.75, 3.05) is 18.1 Å². The topological polar surface area (TPSA) is 55.6 Å². The Morgan fingerprint density at radius 1 is 1.45 bits per heavy atom. The largest absolute Gasteiger partial charge is 0.374 e. The number of fused-ring (bicyclic) bond motifs is 1. The molecule has 1 aliphatic heterocycles. The van der Waals surface area contributed by atoms with Gasteiger partial charge in [-0.3, -0.25) is 10.1 Å². The molecule has 1 aromatic rings. The highest BCUT2D eigenvalue weighted by Crippen LogP contribution is 2.37. The number of anilines is 1. The Labute approximate surface area is 122 Å². The van der Waals surface area contributed by atoms with Crippen molar-refractivity contribution in [2.24, 2.45) is 0 Å². The quantitative estimate of drug-likeness (QED) is 0.488. The third-order valence-electron chi connectivity index (χ3n) is 4.18. The molecule has 0 radical (unpaired) electrons. The number of nitro groups is 1. The molecule has 2 fully saturated rings. The van der Waals surface area contributed by atoms with Crippen LogP contribution < -0.4 is 4.90 Å². The molecule has 3 rings (SSSR count). The Morgan fingerprint density at radius 2 is 2.30 bits per heavy atom. The van der Waals surface area contributed by atoms with E-state index in [2.05, 4.69) is 4.90 Å². The van der Waals surface area contributed by atoms with Gasteiger partial charge in [0.15, 0.2) is 0 Å². The lowest BCUT2D eigenvalue weighted by Gasteiger charge is -2.39. The highest BCUT2D eigenvalue weighted by atomic mass is 35.5. The number of alkyl halides is 1. The van der Waals surface area contributed by atoms with Gasteiger partial charge in [0.05, 0.1) is 23.7 Å². The number of nitro benzene ring substituents is 1. The maximum absolute atomic E-state index is 11.3. The maximum Gasteiger partial charge on any atom is 0.292 e. The van der Waals surface area contributed by atoms with Crippen LogP contribution in [0.1, 0.15) is 24.8 Å². The first-order valence-corrected chi connectivity index (χ1v) is 7.45. The van der Waals surface area contributed by atoms with Gasteiger partial charge in [0, 0.05) is 18.5 Å². The molecule has 0 N–H and O–H groups in total. The SMILES string of the molecule is O=[N+]([O-])c1cc(CCl)ccc1N1CCOC2CCCC21. The number of hydrogen-bond acceptors (Lipinski definition) is 4. The lowest BCUT2D eigenvalue weighted by atomic mass is 10.1. The zero-order valence-electron chi connectivity index (χ0n) is 11.1. The van der Waals surface area contributed by atoms with Crippen molar-refractivity contribution < 1.29 is 9.66 Å². The number of halogens is 1. The second kappa shape index (κ2) is 5.58. The van der Waals surface area contributed by atoms with Crippen molar-refractivity contribution >= 4 is 23.0 Å². The molecule has 2 atom stereocenters. The van der Waals surface area contributed by atoms with Gasteiger partial charge in [-0.1, -0.05) is 6.07 Å². The van der Waals surface area contributed by atoms with Crippen LogP contribution in [-0.2, 0) is 10.6 Å². The Balaban J connectivity index is 1.98. The van der Waals surface area contributed by atoms with Crippen LogP contribution in [0.2, 0.25) is 0 Å². The zero-order chi connectivity index (χ0) is 14.1. The number of ether oxygens (including phenoxy) is 1. The van der Waals surface area contributed by atoms with Gasteiger partial charge in [-0.25, -0.2) is 0 Å². The first-order valence-electron chi connectivity index (χ1n) is 6.92. The summed E-state index contributed by atoms with van der Waals surface area (Å²) < 4.78 is 5.77. The molecular weight excluding hydrogens is 280 g/mol. The van der Waals surface area contributed by atoms with Crippen molar-refractivity contribution in [2.45, 2.75) is 37.3 Å². The van der Waals surface area contributed by atoms with Crippen molar-refractivity contribution in [1.29, 1.82) is 0 Å². The number of benzene rings is 1. The highest BCUT2D eigenvalue weighted by Gasteiger charge is 2.38. The molecule has 20 heavy (non-hydrogen) atoms. The molecule has 2 aliphatic rings. The first-order chi connectivity index (χ1) is 9.70. The second-order valence-electron chi connectivity index (χ2n) is 5.31. The van der Waals surface area contributed by atoms with Gasteiger partial charge in [-0.05, 0) is 30.9 Å². The highest BCUT2D eigenvalue weighted by molar-refractivity contribution is 6.17. The van der Waals surface area contributed by atoms with Gasteiger partial charge < -0.3 is 9.64 Å². The van der Waals surface area contributed by atoms with E-state index < -0.39 is 0 Å². The van der Waals surface area contributed by atoms with Gasteiger partial charge >= 0.3 is 0 Å². The van der Waals surface area contributed by atoms with E-state index in [0.717, 1.165) is 24.8 Å².